The van der Waals surface area contributed by atoms with E-state index in [-0.39, 0.29) is 24.0 Å². The molecule has 0 spiro atoms. The molecule has 0 aliphatic rings. The van der Waals surface area contributed by atoms with Crippen molar-refractivity contribution in [1.29, 1.82) is 0 Å². The molecule has 0 aliphatic heterocycles. The third-order valence-corrected chi connectivity index (χ3v) is 2.73. The number of nitro groups is 1. The van der Waals surface area contributed by atoms with Gasteiger partial charge in [0, 0.05) is 43.9 Å². The van der Waals surface area contributed by atoms with Crippen LogP contribution in [0.4, 0.5) is 5.69 Å². The van der Waals surface area contributed by atoms with Gasteiger partial charge in [-0.1, -0.05) is 0 Å². The highest BCUT2D eigenvalue weighted by Gasteiger charge is 2.13. The number of aryl methyl sites for hydroxylation is 1. The number of rotatable bonds is 8. The van der Waals surface area contributed by atoms with Crippen molar-refractivity contribution < 1.29 is 14.5 Å². The summed E-state index contributed by atoms with van der Waals surface area (Å²) >= 11 is 0. The van der Waals surface area contributed by atoms with Gasteiger partial charge in [0.05, 0.1) is 11.5 Å². The summed E-state index contributed by atoms with van der Waals surface area (Å²) in [5.41, 5.74) is 0.911. The molecule has 1 aromatic rings. The maximum atomic E-state index is 11.8. The predicted octanol–water partition coefficient (Wildman–Crippen LogP) is 1.29. The molecule has 0 saturated carbocycles. The molecule has 118 valence electrons. The molecular weight excluding hydrogens is 298 g/mol. The smallest absolute Gasteiger partial charge is 0.272 e. The van der Waals surface area contributed by atoms with Crippen LogP contribution >= 0.6 is 12.4 Å². The van der Waals surface area contributed by atoms with Crippen LogP contribution in [0.1, 0.15) is 15.9 Å². The number of ether oxygens (including phenoxy) is 1. The van der Waals surface area contributed by atoms with Crippen molar-refractivity contribution in [3.05, 3.63) is 39.4 Å². The van der Waals surface area contributed by atoms with Crippen molar-refractivity contribution in [1.82, 2.24) is 10.6 Å². The highest BCUT2D eigenvalue weighted by Crippen LogP contribution is 2.18. The Kier molecular flexibility index (Phi) is 9.27. The number of nitrogens with one attached hydrogen (secondary N) is 2. The maximum Gasteiger partial charge on any atom is 0.272 e. The number of halogens is 1. The van der Waals surface area contributed by atoms with Gasteiger partial charge >= 0.3 is 0 Å². The predicted molar refractivity (Wildman–Crippen MR) is 82.2 cm³/mol. The Morgan fingerprint density at radius 2 is 2.05 bits per heavy atom. The highest BCUT2D eigenvalue weighted by molar-refractivity contribution is 5.94. The molecule has 0 fully saturated rings. The molecule has 0 saturated heterocycles. The number of carbonyl (C=O) groups is 1. The average Bonchev–Trinajstić information content (AvgIpc) is 2.41. The third-order valence-electron chi connectivity index (χ3n) is 2.73. The lowest BCUT2D eigenvalue weighted by molar-refractivity contribution is -0.385. The Hall–Kier alpha value is -1.70. The topological polar surface area (TPSA) is 93.5 Å². The van der Waals surface area contributed by atoms with Crippen LogP contribution in [0.15, 0.2) is 18.2 Å². The van der Waals surface area contributed by atoms with Crippen LogP contribution in [0.25, 0.3) is 0 Å². The Morgan fingerprint density at radius 3 is 2.62 bits per heavy atom. The first-order valence-electron chi connectivity index (χ1n) is 6.29. The molecule has 2 N–H and O–H groups in total. The highest BCUT2D eigenvalue weighted by atomic mass is 35.5. The van der Waals surface area contributed by atoms with Crippen molar-refractivity contribution in [3.8, 4) is 0 Å². The molecule has 0 aromatic heterocycles. The van der Waals surface area contributed by atoms with Crippen molar-refractivity contribution in [2.45, 2.75) is 6.92 Å². The summed E-state index contributed by atoms with van der Waals surface area (Å²) < 4.78 is 4.88. The van der Waals surface area contributed by atoms with Crippen LogP contribution < -0.4 is 10.6 Å². The zero-order valence-corrected chi connectivity index (χ0v) is 12.9. The lowest BCUT2D eigenvalue weighted by Gasteiger charge is -2.07. The van der Waals surface area contributed by atoms with Gasteiger partial charge in [0.15, 0.2) is 0 Å². The van der Waals surface area contributed by atoms with E-state index in [0.717, 1.165) is 6.54 Å². The summed E-state index contributed by atoms with van der Waals surface area (Å²) in [4.78, 5) is 22.1. The number of hydrogen-bond donors (Lipinski definition) is 2. The Morgan fingerprint density at radius 1 is 1.33 bits per heavy atom. The lowest BCUT2D eigenvalue weighted by atomic mass is 10.1. The minimum Gasteiger partial charge on any atom is -0.383 e. The van der Waals surface area contributed by atoms with Gasteiger partial charge < -0.3 is 15.4 Å². The van der Waals surface area contributed by atoms with Gasteiger partial charge in [-0.2, -0.15) is 0 Å². The number of benzene rings is 1. The Labute approximate surface area is 129 Å². The van der Waals surface area contributed by atoms with E-state index in [0.29, 0.717) is 30.8 Å². The van der Waals surface area contributed by atoms with Gasteiger partial charge in [0.25, 0.3) is 11.6 Å². The molecule has 1 amide bonds. The van der Waals surface area contributed by atoms with E-state index in [4.69, 9.17) is 4.74 Å². The number of nitro benzene ring substituents is 1. The second kappa shape index (κ2) is 10.1. The van der Waals surface area contributed by atoms with E-state index in [1.165, 1.54) is 18.2 Å². The van der Waals surface area contributed by atoms with E-state index < -0.39 is 4.92 Å². The fraction of sp³-hybridized carbons (Fsp3) is 0.462. The normalized spacial score (nSPS) is 9.81. The second-order valence-corrected chi connectivity index (χ2v) is 4.26. The molecular formula is C13H20ClN3O4. The quantitative estimate of drug-likeness (QED) is 0.428. The van der Waals surface area contributed by atoms with Gasteiger partial charge in [-0.05, 0) is 19.1 Å². The molecule has 0 atom stereocenters. The number of hydrogen-bond acceptors (Lipinski definition) is 5. The minimum absolute atomic E-state index is 0. The molecule has 0 bridgehead atoms. The van der Waals surface area contributed by atoms with Gasteiger partial charge in [0.1, 0.15) is 0 Å². The summed E-state index contributed by atoms with van der Waals surface area (Å²) in [6.07, 6.45) is 0. The van der Waals surface area contributed by atoms with Gasteiger partial charge in [-0.3, -0.25) is 14.9 Å². The van der Waals surface area contributed by atoms with E-state index >= 15 is 0 Å². The molecule has 8 heteroatoms. The molecule has 0 heterocycles. The molecule has 0 aliphatic carbocycles. The van der Waals surface area contributed by atoms with E-state index in [9.17, 15) is 14.9 Å². The fourth-order valence-electron chi connectivity index (χ4n) is 1.67. The van der Waals surface area contributed by atoms with Crippen LogP contribution in [-0.4, -0.2) is 44.2 Å². The second-order valence-electron chi connectivity index (χ2n) is 4.26. The van der Waals surface area contributed by atoms with Crippen LogP contribution in [-0.2, 0) is 4.74 Å². The SMILES string of the molecule is COCCNCCNC(=O)c1ccc([N+](=O)[O-])c(C)c1.Cl. The maximum absolute atomic E-state index is 11.8. The molecule has 0 unspecified atom stereocenters. The zero-order valence-electron chi connectivity index (χ0n) is 12.0. The van der Waals surface area contributed by atoms with Crippen molar-refractivity contribution in [3.63, 3.8) is 0 Å². The Bertz CT molecular complexity index is 482. The number of nitrogens with zero attached hydrogens (tertiary/aromatic N) is 1. The van der Waals surface area contributed by atoms with Crippen LogP contribution in [0.2, 0.25) is 0 Å². The molecule has 1 aromatic carbocycles. The van der Waals surface area contributed by atoms with Crippen LogP contribution in [0, 0.1) is 17.0 Å². The first-order chi connectivity index (χ1) is 9.56. The lowest BCUT2D eigenvalue weighted by Crippen LogP contribution is -2.33. The molecule has 1 rings (SSSR count). The molecule has 7 nitrogen and oxygen atoms in total. The molecule has 0 radical (unpaired) electrons. The zero-order chi connectivity index (χ0) is 15.0. The largest absolute Gasteiger partial charge is 0.383 e. The molecule has 21 heavy (non-hydrogen) atoms. The van der Waals surface area contributed by atoms with Gasteiger partial charge in [0.2, 0.25) is 0 Å². The fourth-order valence-corrected chi connectivity index (χ4v) is 1.67. The van der Waals surface area contributed by atoms with E-state index in [1.807, 2.05) is 0 Å². The number of carbonyl (C=O) groups excluding carboxylic acids is 1. The number of amides is 1. The summed E-state index contributed by atoms with van der Waals surface area (Å²) in [5.74, 6) is -0.239. The van der Waals surface area contributed by atoms with Crippen molar-refractivity contribution >= 4 is 24.0 Å². The first-order valence-corrected chi connectivity index (χ1v) is 6.29. The van der Waals surface area contributed by atoms with Gasteiger partial charge in [-0.15, -0.1) is 12.4 Å². The average molecular weight is 318 g/mol. The number of methoxy groups -OCH3 is 1. The van der Waals surface area contributed by atoms with Crippen molar-refractivity contribution in [2.24, 2.45) is 0 Å². The van der Waals surface area contributed by atoms with E-state index in [1.54, 1.807) is 14.0 Å². The third kappa shape index (κ3) is 6.52. The van der Waals surface area contributed by atoms with Crippen LogP contribution in [0.3, 0.4) is 0 Å². The monoisotopic (exact) mass is 317 g/mol. The standard InChI is InChI=1S/C13H19N3O4.ClH/c1-10-9-11(3-4-12(10)16(18)19)13(17)15-6-5-14-7-8-20-2;/h3-4,9,14H,5-8H2,1-2H3,(H,15,17);1H. The Balaban J connectivity index is 0.00000400. The van der Waals surface area contributed by atoms with Crippen LogP contribution in [0.5, 0.6) is 0 Å². The summed E-state index contributed by atoms with van der Waals surface area (Å²) in [6, 6.07) is 4.33. The first kappa shape index (κ1) is 19.3. The summed E-state index contributed by atoms with van der Waals surface area (Å²) in [6.45, 7) is 4.08. The van der Waals surface area contributed by atoms with Gasteiger partial charge in [-0.25, -0.2) is 0 Å². The minimum atomic E-state index is -0.462. The summed E-state index contributed by atoms with van der Waals surface area (Å²) in [5, 5.41) is 16.5. The van der Waals surface area contributed by atoms with Crippen molar-refractivity contribution in [2.75, 3.05) is 33.4 Å². The summed E-state index contributed by atoms with van der Waals surface area (Å²) in [7, 11) is 1.63. The van der Waals surface area contributed by atoms with E-state index in [2.05, 4.69) is 10.6 Å².